The average molecular weight is 208 g/mol. The van der Waals surface area contributed by atoms with E-state index in [-0.39, 0.29) is 0 Å². The summed E-state index contributed by atoms with van der Waals surface area (Å²) in [5.74, 6) is 9.36. The minimum absolute atomic E-state index is 0.421. The molecule has 4 rings (SSSR count). The number of hydrogen-bond acceptors (Lipinski definition) is 2. The fourth-order valence-corrected chi connectivity index (χ4v) is 4.89. The summed E-state index contributed by atoms with van der Waals surface area (Å²) in [5, 5.41) is 2.22. The van der Waals surface area contributed by atoms with Crippen LogP contribution in [0.5, 0.6) is 0 Å². The van der Waals surface area contributed by atoms with Crippen LogP contribution in [0.25, 0.3) is 0 Å². The Labute approximate surface area is 93.2 Å². The molecule has 4 bridgehead atoms. The van der Waals surface area contributed by atoms with Gasteiger partial charge in [0.05, 0.1) is 0 Å². The van der Waals surface area contributed by atoms with Gasteiger partial charge in [-0.05, 0) is 62.7 Å². The van der Waals surface area contributed by atoms with E-state index in [4.69, 9.17) is 5.84 Å². The second kappa shape index (κ2) is 3.46. The van der Waals surface area contributed by atoms with E-state index in [2.05, 4.69) is 11.9 Å². The number of rotatable bonds is 3. The van der Waals surface area contributed by atoms with E-state index in [1.54, 1.807) is 0 Å². The number of nitrogens with two attached hydrogens (primary N) is 1. The lowest BCUT2D eigenvalue weighted by Crippen LogP contribution is -2.62. The highest BCUT2D eigenvalue weighted by molar-refractivity contribution is 5.06. The van der Waals surface area contributed by atoms with E-state index < -0.39 is 0 Å². The summed E-state index contributed by atoms with van der Waals surface area (Å²) >= 11 is 0. The van der Waals surface area contributed by atoms with Crippen LogP contribution < -0.4 is 5.84 Å². The van der Waals surface area contributed by atoms with E-state index in [1.807, 2.05) is 0 Å². The van der Waals surface area contributed by atoms with Crippen LogP contribution in [0.2, 0.25) is 0 Å². The molecule has 15 heavy (non-hydrogen) atoms. The molecule has 2 heteroatoms. The Morgan fingerprint density at radius 3 is 1.93 bits per heavy atom. The fraction of sp³-hybridized carbons (Fsp3) is 1.00. The molecule has 0 aromatic rings. The van der Waals surface area contributed by atoms with Gasteiger partial charge >= 0.3 is 0 Å². The summed E-state index contributed by atoms with van der Waals surface area (Å²) < 4.78 is 0. The average Bonchev–Trinajstić information content (AvgIpc) is 2.15. The van der Waals surface area contributed by atoms with Gasteiger partial charge in [-0.15, -0.1) is 0 Å². The lowest BCUT2D eigenvalue weighted by atomic mass is 9.53. The van der Waals surface area contributed by atoms with Gasteiger partial charge in [0.2, 0.25) is 0 Å². The molecule has 0 unspecified atom stereocenters. The molecule has 0 saturated heterocycles. The highest BCUT2D eigenvalue weighted by Crippen LogP contribution is 2.57. The van der Waals surface area contributed by atoms with Crippen molar-refractivity contribution in [1.82, 2.24) is 5.01 Å². The second-order valence-electron chi connectivity index (χ2n) is 6.34. The molecule has 86 valence electrons. The minimum atomic E-state index is 0.421. The smallest absolute Gasteiger partial charge is 0.0359 e. The Hall–Kier alpha value is -0.0800. The lowest BCUT2D eigenvalue weighted by Gasteiger charge is -2.59. The first-order valence-corrected chi connectivity index (χ1v) is 6.74. The molecule has 2 N–H and O–H groups in total. The predicted molar refractivity (Wildman–Crippen MR) is 62.1 cm³/mol. The Balaban J connectivity index is 1.80. The molecule has 0 spiro atoms. The zero-order chi connectivity index (χ0) is 10.5. The molecule has 0 heterocycles. The van der Waals surface area contributed by atoms with Gasteiger partial charge in [0.15, 0.2) is 0 Å². The molecular formula is C13H24N2. The molecule has 0 radical (unpaired) electrons. The molecule has 4 aliphatic carbocycles. The van der Waals surface area contributed by atoms with Gasteiger partial charge in [-0.3, -0.25) is 5.84 Å². The minimum Gasteiger partial charge on any atom is -0.268 e. The highest BCUT2D eigenvalue weighted by Gasteiger charge is 2.52. The van der Waals surface area contributed by atoms with Crippen LogP contribution in [0.15, 0.2) is 0 Å². The normalized spacial score (nSPS) is 47.8. The maximum Gasteiger partial charge on any atom is 0.0359 e. The van der Waals surface area contributed by atoms with Crippen molar-refractivity contribution in [3.8, 4) is 0 Å². The third kappa shape index (κ3) is 1.53. The van der Waals surface area contributed by atoms with Crippen LogP contribution in [0.3, 0.4) is 0 Å². The SMILES string of the molecule is CCCN(N)C12CC3CC(CC(C3)C1)C2. The molecule has 0 atom stereocenters. The fourth-order valence-electron chi connectivity index (χ4n) is 4.89. The first kappa shape index (κ1) is 10.1. The van der Waals surface area contributed by atoms with Crippen molar-refractivity contribution in [3.63, 3.8) is 0 Å². The first-order chi connectivity index (χ1) is 7.22. The first-order valence-electron chi connectivity index (χ1n) is 6.74. The van der Waals surface area contributed by atoms with Gasteiger partial charge < -0.3 is 0 Å². The lowest BCUT2D eigenvalue weighted by molar-refractivity contribution is -0.0898. The maximum atomic E-state index is 6.32. The van der Waals surface area contributed by atoms with Crippen molar-refractivity contribution in [2.75, 3.05) is 6.54 Å². The Morgan fingerprint density at radius 1 is 1.07 bits per heavy atom. The van der Waals surface area contributed by atoms with E-state index in [0.29, 0.717) is 5.54 Å². The summed E-state index contributed by atoms with van der Waals surface area (Å²) in [5.41, 5.74) is 0.421. The summed E-state index contributed by atoms with van der Waals surface area (Å²) in [6.07, 6.45) is 9.93. The van der Waals surface area contributed by atoms with Crippen molar-refractivity contribution < 1.29 is 0 Å². The largest absolute Gasteiger partial charge is 0.268 e. The third-order valence-electron chi connectivity index (χ3n) is 5.08. The molecule has 0 aliphatic heterocycles. The highest BCUT2D eigenvalue weighted by atomic mass is 15.4. The molecule has 4 aliphatic rings. The predicted octanol–water partition coefficient (Wildman–Crippen LogP) is 2.54. The van der Waals surface area contributed by atoms with Gasteiger partial charge in [-0.1, -0.05) is 6.92 Å². The molecule has 4 saturated carbocycles. The maximum absolute atomic E-state index is 6.32. The Kier molecular flexibility index (Phi) is 2.33. The van der Waals surface area contributed by atoms with Crippen molar-refractivity contribution in [3.05, 3.63) is 0 Å². The van der Waals surface area contributed by atoms with Crippen LogP contribution in [0, 0.1) is 17.8 Å². The van der Waals surface area contributed by atoms with Crippen molar-refractivity contribution >= 4 is 0 Å². The molecule has 4 fully saturated rings. The van der Waals surface area contributed by atoms with Gasteiger partial charge in [0, 0.05) is 12.1 Å². The van der Waals surface area contributed by atoms with Crippen LogP contribution in [0.4, 0.5) is 0 Å². The zero-order valence-electron chi connectivity index (χ0n) is 9.91. The summed E-state index contributed by atoms with van der Waals surface area (Å²) in [6.45, 7) is 3.33. The van der Waals surface area contributed by atoms with Crippen molar-refractivity contribution in [2.24, 2.45) is 23.6 Å². The molecule has 2 nitrogen and oxygen atoms in total. The van der Waals surface area contributed by atoms with Crippen molar-refractivity contribution in [1.29, 1.82) is 0 Å². The molecular weight excluding hydrogens is 184 g/mol. The van der Waals surface area contributed by atoms with Gasteiger partial charge in [0.25, 0.3) is 0 Å². The summed E-state index contributed by atoms with van der Waals surface area (Å²) in [6, 6.07) is 0. The van der Waals surface area contributed by atoms with E-state index in [0.717, 1.165) is 24.3 Å². The van der Waals surface area contributed by atoms with Crippen LogP contribution >= 0.6 is 0 Å². The quantitative estimate of drug-likeness (QED) is 0.570. The standard InChI is InChI=1S/C13H24N2/c1-2-3-15(14)13-7-10-4-11(8-13)6-12(5-10)9-13/h10-12H,2-9,14H2,1H3. The monoisotopic (exact) mass is 208 g/mol. The Bertz CT molecular complexity index is 214. The topological polar surface area (TPSA) is 29.3 Å². The second-order valence-corrected chi connectivity index (χ2v) is 6.34. The number of hydrogen-bond donors (Lipinski definition) is 1. The van der Waals surface area contributed by atoms with E-state index in [9.17, 15) is 0 Å². The number of hydrazine groups is 1. The molecule has 0 aromatic carbocycles. The molecule has 0 aromatic heterocycles. The molecule has 0 amide bonds. The van der Waals surface area contributed by atoms with Crippen LogP contribution in [-0.2, 0) is 0 Å². The van der Waals surface area contributed by atoms with Gasteiger partial charge in [-0.2, -0.15) is 0 Å². The number of nitrogens with zero attached hydrogens (tertiary/aromatic N) is 1. The van der Waals surface area contributed by atoms with E-state index >= 15 is 0 Å². The third-order valence-corrected chi connectivity index (χ3v) is 5.08. The van der Waals surface area contributed by atoms with Crippen molar-refractivity contribution in [2.45, 2.75) is 57.4 Å². The van der Waals surface area contributed by atoms with Gasteiger partial charge in [-0.25, -0.2) is 5.01 Å². The van der Waals surface area contributed by atoms with E-state index in [1.165, 1.54) is 44.9 Å². The summed E-state index contributed by atoms with van der Waals surface area (Å²) in [7, 11) is 0. The summed E-state index contributed by atoms with van der Waals surface area (Å²) in [4.78, 5) is 0. The Morgan fingerprint density at radius 2 is 1.53 bits per heavy atom. The zero-order valence-corrected chi connectivity index (χ0v) is 9.91. The van der Waals surface area contributed by atoms with Crippen LogP contribution in [-0.4, -0.2) is 17.1 Å². The van der Waals surface area contributed by atoms with Gasteiger partial charge in [0.1, 0.15) is 0 Å². The van der Waals surface area contributed by atoms with Crippen LogP contribution in [0.1, 0.15) is 51.9 Å².